The SMILES string of the molecule is CN(CCC#N)C(=O)/C=C/c1c(Cl)cccc1Cl. The molecule has 1 aromatic carbocycles. The van der Waals surface area contributed by atoms with Crippen LogP contribution < -0.4 is 0 Å². The Morgan fingerprint density at radius 3 is 2.61 bits per heavy atom. The van der Waals surface area contributed by atoms with Gasteiger partial charge in [0.05, 0.1) is 12.5 Å². The standard InChI is InChI=1S/C13H12Cl2N2O/c1-17(9-3-8-16)13(18)7-6-10-11(14)4-2-5-12(10)15/h2,4-7H,3,9H2,1H3/b7-6+. The van der Waals surface area contributed by atoms with Crippen molar-refractivity contribution < 1.29 is 4.79 Å². The summed E-state index contributed by atoms with van der Waals surface area (Å²) in [5.74, 6) is -0.193. The molecule has 1 aromatic rings. The van der Waals surface area contributed by atoms with Gasteiger partial charge in [0.2, 0.25) is 5.91 Å². The van der Waals surface area contributed by atoms with Crippen LogP contribution in [0.4, 0.5) is 0 Å². The van der Waals surface area contributed by atoms with Crippen molar-refractivity contribution in [2.75, 3.05) is 13.6 Å². The summed E-state index contributed by atoms with van der Waals surface area (Å²) in [7, 11) is 1.64. The number of nitriles is 1. The zero-order chi connectivity index (χ0) is 13.5. The molecule has 0 bridgehead atoms. The second-order valence-electron chi connectivity index (χ2n) is 3.64. The molecule has 1 rings (SSSR count). The van der Waals surface area contributed by atoms with Crippen LogP contribution in [0.5, 0.6) is 0 Å². The Kier molecular flexibility index (Phi) is 5.70. The van der Waals surface area contributed by atoms with E-state index in [1.54, 1.807) is 31.3 Å². The van der Waals surface area contributed by atoms with Gasteiger partial charge in [0.25, 0.3) is 0 Å². The summed E-state index contributed by atoms with van der Waals surface area (Å²) in [5, 5.41) is 9.42. The molecule has 0 aliphatic carbocycles. The zero-order valence-corrected chi connectivity index (χ0v) is 11.4. The van der Waals surface area contributed by atoms with Crippen molar-refractivity contribution in [2.45, 2.75) is 6.42 Å². The first-order valence-corrected chi connectivity index (χ1v) is 6.06. The topological polar surface area (TPSA) is 44.1 Å². The van der Waals surface area contributed by atoms with Gasteiger partial charge in [-0.1, -0.05) is 29.3 Å². The fraction of sp³-hybridized carbons (Fsp3) is 0.231. The van der Waals surface area contributed by atoms with Gasteiger partial charge < -0.3 is 4.90 Å². The van der Waals surface area contributed by atoms with E-state index >= 15 is 0 Å². The minimum Gasteiger partial charge on any atom is -0.341 e. The molecular weight excluding hydrogens is 271 g/mol. The van der Waals surface area contributed by atoms with Crippen LogP contribution in [0.25, 0.3) is 6.08 Å². The molecule has 0 aliphatic rings. The predicted octanol–water partition coefficient (Wildman–Crippen LogP) is 3.38. The molecule has 0 heterocycles. The lowest BCUT2D eigenvalue weighted by molar-refractivity contribution is -0.124. The highest BCUT2D eigenvalue weighted by Crippen LogP contribution is 2.25. The molecule has 0 unspecified atom stereocenters. The maximum atomic E-state index is 11.7. The highest BCUT2D eigenvalue weighted by Gasteiger charge is 2.06. The van der Waals surface area contributed by atoms with Crippen LogP contribution in [0.3, 0.4) is 0 Å². The molecule has 0 atom stereocenters. The number of benzene rings is 1. The number of amides is 1. The second-order valence-corrected chi connectivity index (χ2v) is 4.45. The molecule has 0 aliphatic heterocycles. The van der Waals surface area contributed by atoms with Crippen molar-refractivity contribution in [3.8, 4) is 6.07 Å². The summed E-state index contributed by atoms with van der Waals surface area (Å²) < 4.78 is 0. The fourth-order valence-corrected chi connectivity index (χ4v) is 1.80. The van der Waals surface area contributed by atoms with Crippen molar-refractivity contribution in [3.05, 3.63) is 39.9 Å². The van der Waals surface area contributed by atoms with Gasteiger partial charge in [-0.05, 0) is 18.2 Å². The number of rotatable bonds is 4. The molecule has 0 fully saturated rings. The first-order chi connectivity index (χ1) is 8.56. The summed E-state index contributed by atoms with van der Waals surface area (Å²) in [6, 6.07) is 7.13. The number of nitrogens with zero attached hydrogens (tertiary/aromatic N) is 2. The number of hydrogen-bond acceptors (Lipinski definition) is 2. The number of halogens is 2. The molecule has 0 aromatic heterocycles. The Morgan fingerprint density at radius 1 is 1.44 bits per heavy atom. The minimum atomic E-state index is -0.193. The molecule has 18 heavy (non-hydrogen) atoms. The van der Waals surface area contributed by atoms with E-state index in [4.69, 9.17) is 28.5 Å². The third-order valence-electron chi connectivity index (χ3n) is 2.33. The molecular formula is C13H12Cl2N2O. The van der Waals surface area contributed by atoms with E-state index in [-0.39, 0.29) is 5.91 Å². The van der Waals surface area contributed by atoms with Crippen LogP contribution in [0.15, 0.2) is 24.3 Å². The molecule has 5 heteroatoms. The predicted molar refractivity (Wildman–Crippen MR) is 73.4 cm³/mol. The van der Waals surface area contributed by atoms with E-state index in [0.29, 0.717) is 28.6 Å². The van der Waals surface area contributed by atoms with Crippen LogP contribution in [0, 0.1) is 11.3 Å². The van der Waals surface area contributed by atoms with Gasteiger partial charge in [0.1, 0.15) is 0 Å². The highest BCUT2D eigenvalue weighted by atomic mass is 35.5. The van der Waals surface area contributed by atoms with Crippen LogP contribution in [-0.2, 0) is 4.79 Å². The first-order valence-electron chi connectivity index (χ1n) is 5.30. The van der Waals surface area contributed by atoms with Crippen molar-refractivity contribution in [1.82, 2.24) is 4.90 Å². The molecule has 1 amide bonds. The van der Waals surface area contributed by atoms with Crippen LogP contribution in [0.1, 0.15) is 12.0 Å². The Morgan fingerprint density at radius 2 is 2.06 bits per heavy atom. The van der Waals surface area contributed by atoms with Gasteiger partial charge in [0.15, 0.2) is 0 Å². The van der Waals surface area contributed by atoms with Crippen molar-refractivity contribution >= 4 is 35.2 Å². The van der Waals surface area contributed by atoms with Crippen LogP contribution in [0.2, 0.25) is 10.0 Å². The van der Waals surface area contributed by atoms with Gasteiger partial charge in [-0.15, -0.1) is 0 Å². The lowest BCUT2D eigenvalue weighted by Gasteiger charge is -2.12. The summed E-state index contributed by atoms with van der Waals surface area (Å²) in [6.07, 6.45) is 3.28. The normalized spacial score (nSPS) is 10.3. The summed E-state index contributed by atoms with van der Waals surface area (Å²) >= 11 is 11.9. The quantitative estimate of drug-likeness (QED) is 0.795. The number of carbonyl (C=O) groups is 1. The average Bonchev–Trinajstić information content (AvgIpc) is 2.35. The molecule has 0 saturated heterocycles. The first kappa shape index (κ1) is 14.6. The van der Waals surface area contributed by atoms with Gasteiger partial charge in [-0.2, -0.15) is 5.26 Å². The van der Waals surface area contributed by atoms with Crippen LogP contribution >= 0.6 is 23.2 Å². The highest BCUT2D eigenvalue weighted by molar-refractivity contribution is 6.37. The summed E-state index contributed by atoms with van der Waals surface area (Å²) in [4.78, 5) is 13.2. The van der Waals surface area contributed by atoms with E-state index in [0.717, 1.165) is 0 Å². The summed E-state index contributed by atoms with van der Waals surface area (Å²) in [6.45, 7) is 0.399. The summed E-state index contributed by atoms with van der Waals surface area (Å²) in [5.41, 5.74) is 0.614. The lowest BCUT2D eigenvalue weighted by Crippen LogP contribution is -2.25. The van der Waals surface area contributed by atoms with E-state index in [1.165, 1.54) is 11.0 Å². The maximum Gasteiger partial charge on any atom is 0.246 e. The smallest absolute Gasteiger partial charge is 0.246 e. The Bertz CT molecular complexity index is 486. The Labute approximate surface area is 116 Å². The third kappa shape index (κ3) is 4.06. The molecule has 0 saturated carbocycles. The van der Waals surface area contributed by atoms with Crippen molar-refractivity contribution in [3.63, 3.8) is 0 Å². The maximum absolute atomic E-state index is 11.7. The van der Waals surface area contributed by atoms with Crippen LogP contribution in [-0.4, -0.2) is 24.4 Å². The zero-order valence-electron chi connectivity index (χ0n) is 9.86. The molecule has 94 valence electrons. The fourth-order valence-electron chi connectivity index (χ4n) is 1.28. The Balaban J connectivity index is 2.75. The number of hydrogen-bond donors (Lipinski definition) is 0. The Hall–Kier alpha value is -1.50. The van der Waals surface area contributed by atoms with E-state index in [9.17, 15) is 4.79 Å². The lowest BCUT2D eigenvalue weighted by atomic mass is 10.2. The van der Waals surface area contributed by atoms with Gasteiger partial charge >= 0.3 is 0 Å². The number of carbonyl (C=O) groups excluding carboxylic acids is 1. The second kappa shape index (κ2) is 7.05. The van der Waals surface area contributed by atoms with E-state index in [2.05, 4.69) is 0 Å². The number of likely N-dealkylation sites (N-methyl/N-ethyl adjacent to an activating group) is 1. The van der Waals surface area contributed by atoms with Gasteiger partial charge in [0, 0.05) is 35.3 Å². The molecule has 0 N–H and O–H groups in total. The van der Waals surface area contributed by atoms with Gasteiger partial charge in [-0.25, -0.2) is 0 Å². The van der Waals surface area contributed by atoms with Crippen molar-refractivity contribution in [1.29, 1.82) is 5.26 Å². The monoisotopic (exact) mass is 282 g/mol. The minimum absolute atomic E-state index is 0.193. The van der Waals surface area contributed by atoms with E-state index in [1.807, 2.05) is 6.07 Å². The third-order valence-corrected chi connectivity index (χ3v) is 2.99. The molecule has 0 spiro atoms. The van der Waals surface area contributed by atoms with E-state index < -0.39 is 0 Å². The average molecular weight is 283 g/mol. The van der Waals surface area contributed by atoms with Gasteiger partial charge in [-0.3, -0.25) is 4.79 Å². The largest absolute Gasteiger partial charge is 0.341 e. The molecule has 0 radical (unpaired) electrons. The van der Waals surface area contributed by atoms with Crippen molar-refractivity contribution in [2.24, 2.45) is 0 Å². The molecule has 3 nitrogen and oxygen atoms in total.